The third-order valence-corrected chi connectivity index (χ3v) is 18.1. The molecule has 10 heteroatoms. The number of pyridine rings is 3. The summed E-state index contributed by atoms with van der Waals surface area (Å²) < 4.78 is 136. The zero-order valence-corrected chi connectivity index (χ0v) is 45.2. The summed E-state index contributed by atoms with van der Waals surface area (Å²) >= 11 is 0. The molecule has 0 unspecified atom stereocenters. The highest BCUT2D eigenvalue weighted by Crippen LogP contribution is 2.39. The fourth-order valence-electron chi connectivity index (χ4n) is 7.70. The zero-order chi connectivity index (χ0) is 67.4. The Balaban J connectivity index is 0.000000147. The maximum Gasteiger partial charge on any atom is 0.494 e. The second-order valence-electron chi connectivity index (χ2n) is 20.8. The molecule has 0 radical (unpaired) electrons. The van der Waals surface area contributed by atoms with Gasteiger partial charge in [0.05, 0.1) is 65.4 Å². The third kappa shape index (κ3) is 12.9. The van der Waals surface area contributed by atoms with E-state index >= 15 is 0 Å². The first-order valence-corrected chi connectivity index (χ1v) is 27.8. The van der Waals surface area contributed by atoms with E-state index in [1.807, 2.05) is 52.0 Å². The van der Waals surface area contributed by atoms with E-state index in [4.69, 9.17) is 34.3 Å². The standard InChI is InChI=1S/C21H22BNO2.C16H22OSi.2C15H11NO/c1-20(2)21(3,4)25-22(24-20)17-12-10-16-11-13-18(23-19(16)14-17)15-8-6-5-7-9-15;1-16(2,3)18(4,5)17-15-11-10-13-8-6-7-9-14(13)12-15;2*17-13-8-6-12-7-9-14(16-15(12)10-13)11-4-2-1-3-5-11/h5-14H,1-4H3;6-12H,1-5H3;2*1-10,17H/i5D,6D,7D,8D,9D;;2*1D,2D,3D,4D,5D. The number of aromatic hydroxyl groups is 2. The summed E-state index contributed by atoms with van der Waals surface area (Å²) in [5, 5.41) is 24.2. The molecule has 0 spiro atoms. The zero-order valence-electron chi connectivity index (χ0n) is 59.2. The van der Waals surface area contributed by atoms with Gasteiger partial charge in [-0.1, -0.05) is 172 Å². The topological polar surface area (TPSA) is 107 Å². The highest BCUT2D eigenvalue weighted by Gasteiger charge is 2.51. The molecule has 1 saturated heterocycles. The van der Waals surface area contributed by atoms with Crippen molar-refractivity contribution in [3.63, 3.8) is 0 Å². The molecule has 386 valence electrons. The Bertz CT molecular complexity index is 4470. The largest absolute Gasteiger partial charge is 0.543 e. The molecular formula is C67H66BN3O5Si. The molecule has 0 atom stereocenters. The molecule has 4 heterocycles. The Kier molecular flexibility index (Phi) is 11.0. The van der Waals surface area contributed by atoms with Gasteiger partial charge in [-0.05, 0) is 123 Å². The predicted octanol–water partition coefficient (Wildman–Crippen LogP) is 16.6. The van der Waals surface area contributed by atoms with Crippen molar-refractivity contribution in [1.29, 1.82) is 0 Å². The molecule has 1 aliphatic heterocycles. The van der Waals surface area contributed by atoms with Gasteiger partial charge in [0.1, 0.15) is 17.2 Å². The van der Waals surface area contributed by atoms with E-state index in [0.29, 0.717) is 22.2 Å². The highest BCUT2D eigenvalue weighted by atomic mass is 28.4. The molecule has 0 saturated carbocycles. The van der Waals surface area contributed by atoms with Crippen LogP contribution in [0.4, 0.5) is 0 Å². The maximum atomic E-state index is 9.53. The van der Waals surface area contributed by atoms with E-state index in [0.717, 1.165) is 27.4 Å². The summed E-state index contributed by atoms with van der Waals surface area (Å²) in [4.78, 5) is 13.2. The average molecular weight is 1050 g/mol. The van der Waals surface area contributed by atoms with E-state index in [-0.39, 0.29) is 93.0 Å². The fraction of sp³-hybridized carbons (Fsp3) is 0.179. The first-order valence-electron chi connectivity index (χ1n) is 32.4. The Morgan fingerprint density at radius 3 is 1.27 bits per heavy atom. The molecule has 1 aliphatic rings. The molecule has 3 aromatic heterocycles. The lowest BCUT2D eigenvalue weighted by Crippen LogP contribution is -2.43. The van der Waals surface area contributed by atoms with Crippen LogP contribution in [0.15, 0.2) is 224 Å². The lowest BCUT2D eigenvalue weighted by atomic mass is 9.78. The van der Waals surface area contributed by atoms with Crippen LogP contribution in [0.5, 0.6) is 17.2 Å². The van der Waals surface area contributed by atoms with Crippen molar-refractivity contribution in [2.45, 2.75) is 77.8 Å². The molecule has 12 rings (SSSR count). The van der Waals surface area contributed by atoms with E-state index in [1.165, 1.54) is 35.0 Å². The van der Waals surface area contributed by atoms with Gasteiger partial charge in [0.2, 0.25) is 8.32 Å². The van der Waals surface area contributed by atoms with Crippen LogP contribution in [-0.4, -0.2) is 51.8 Å². The summed E-state index contributed by atoms with van der Waals surface area (Å²) in [5.41, 5.74) is 2.56. The van der Waals surface area contributed by atoms with Gasteiger partial charge in [0.15, 0.2) is 0 Å². The van der Waals surface area contributed by atoms with Crippen molar-refractivity contribution in [3.8, 4) is 51.0 Å². The fourth-order valence-corrected chi connectivity index (χ4v) is 8.72. The summed E-state index contributed by atoms with van der Waals surface area (Å²) in [6, 6.07) is 34.7. The van der Waals surface area contributed by atoms with Gasteiger partial charge in [-0.3, -0.25) is 0 Å². The van der Waals surface area contributed by atoms with Crippen LogP contribution in [-0.2, 0) is 9.31 Å². The number of hydrogen-bond acceptors (Lipinski definition) is 8. The quantitative estimate of drug-likeness (QED) is 0.159. The van der Waals surface area contributed by atoms with Crippen molar-refractivity contribution in [1.82, 2.24) is 15.0 Å². The van der Waals surface area contributed by atoms with Gasteiger partial charge < -0.3 is 23.9 Å². The van der Waals surface area contributed by atoms with Crippen LogP contribution in [0.2, 0.25) is 18.1 Å². The van der Waals surface area contributed by atoms with Gasteiger partial charge >= 0.3 is 7.12 Å². The Hall–Kier alpha value is -8.15. The minimum Gasteiger partial charge on any atom is -0.543 e. The second kappa shape index (κ2) is 22.6. The van der Waals surface area contributed by atoms with Crippen LogP contribution in [0.25, 0.3) is 77.3 Å². The second-order valence-corrected chi connectivity index (χ2v) is 25.5. The Labute approximate surface area is 475 Å². The molecule has 0 amide bonds. The molecular weight excluding hydrogens is 966 g/mol. The van der Waals surface area contributed by atoms with Crippen molar-refractivity contribution in [2.75, 3.05) is 0 Å². The first kappa shape index (κ1) is 37.6. The molecule has 8 aromatic carbocycles. The molecule has 0 aliphatic carbocycles. The number of phenols is 2. The molecule has 2 N–H and O–H groups in total. The average Bonchev–Trinajstić information content (AvgIpc) is 1.47. The smallest absolute Gasteiger partial charge is 0.494 e. The van der Waals surface area contributed by atoms with Gasteiger partial charge in [-0.15, -0.1) is 0 Å². The van der Waals surface area contributed by atoms with Crippen LogP contribution in [0.1, 0.15) is 69.0 Å². The number of aromatic nitrogens is 3. The van der Waals surface area contributed by atoms with E-state index in [2.05, 4.69) is 91.3 Å². The Morgan fingerprint density at radius 1 is 0.468 bits per heavy atom. The van der Waals surface area contributed by atoms with E-state index < -0.39 is 68.9 Å². The molecule has 11 aromatic rings. The number of nitrogens with zero attached hydrogens (tertiary/aromatic N) is 3. The van der Waals surface area contributed by atoms with Crippen molar-refractivity contribution in [2.24, 2.45) is 0 Å². The Morgan fingerprint density at radius 2 is 0.844 bits per heavy atom. The molecule has 8 nitrogen and oxygen atoms in total. The maximum absolute atomic E-state index is 9.53. The summed E-state index contributed by atoms with van der Waals surface area (Å²) in [6.45, 7) is 19.3. The van der Waals surface area contributed by atoms with Crippen molar-refractivity contribution in [3.05, 3.63) is 224 Å². The number of rotatable bonds is 6. The number of benzene rings is 8. The summed E-state index contributed by atoms with van der Waals surface area (Å²) in [6.07, 6.45) is 0. The number of hydrogen-bond donors (Lipinski definition) is 2. The minimum absolute atomic E-state index is 0.0521. The first-order chi connectivity index (χ1) is 43.0. The highest BCUT2D eigenvalue weighted by molar-refractivity contribution is 6.74. The summed E-state index contributed by atoms with van der Waals surface area (Å²) in [5.74, 6) is 1.11. The molecule has 77 heavy (non-hydrogen) atoms. The predicted molar refractivity (Wildman–Crippen MR) is 322 cm³/mol. The van der Waals surface area contributed by atoms with Crippen molar-refractivity contribution >= 4 is 64.4 Å². The lowest BCUT2D eigenvalue weighted by molar-refractivity contribution is 0.00578. The van der Waals surface area contributed by atoms with Gasteiger partial charge in [-0.25, -0.2) is 15.0 Å². The minimum atomic E-state index is -1.73. The normalized spacial score (nSPS) is 16.4. The van der Waals surface area contributed by atoms with E-state index in [1.54, 1.807) is 42.5 Å². The SMILES string of the molecule is CC(C)(C)[Si](C)(C)Oc1ccc2ccccc2c1.[2H]c1c([2H])c([2H])c(-c2ccc3ccc(B4OC(C)(C)C(C)(C)O4)cc3n2)c([2H])c1[2H].[2H]c1c([2H])c([2H])c(-c2ccc3ccc(O)cc3n2)c([2H])c1[2H].[2H]c1c([2H])c([2H])c(-c2ccc3ccc(O)cc3n2)c([2H])c1[2H]. The van der Waals surface area contributed by atoms with Crippen LogP contribution in [0, 0.1) is 0 Å². The van der Waals surface area contributed by atoms with Crippen molar-refractivity contribution < 1.29 is 44.5 Å². The van der Waals surface area contributed by atoms with Crippen LogP contribution in [0.3, 0.4) is 0 Å². The van der Waals surface area contributed by atoms with Gasteiger partial charge in [0.25, 0.3) is 0 Å². The lowest BCUT2D eigenvalue weighted by Gasteiger charge is -2.36. The van der Waals surface area contributed by atoms with Gasteiger partial charge in [0, 0.05) is 45.0 Å². The van der Waals surface area contributed by atoms with Crippen LogP contribution >= 0.6 is 0 Å². The van der Waals surface area contributed by atoms with Gasteiger partial charge in [-0.2, -0.15) is 0 Å². The molecule has 0 bridgehead atoms. The third-order valence-electron chi connectivity index (χ3n) is 13.8. The number of fused-ring (bicyclic) bond motifs is 4. The summed E-state index contributed by atoms with van der Waals surface area (Å²) in [7, 11) is -2.27. The molecule has 1 fully saturated rings. The monoisotopic (exact) mass is 1050 g/mol. The van der Waals surface area contributed by atoms with Crippen LogP contribution < -0.4 is 9.89 Å². The number of phenolic OH excluding ortho intramolecular Hbond substituents is 2. The van der Waals surface area contributed by atoms with E-state index in [9.17, 15) is 10.2 Å².